The topological polar surface area (TPSA) is 105 Å². The van der Waals surface area contributed by atoms with Gasteiger partial charge in [-0.15, -0.1) is 0 Å². The van der Waals surface area contributed by atoms with E-state index >= 15 is 0 Å². The van der Waals surface area contributed by atoms with Gasteiger partial charge in [-0.05, 0) is 19.3 Å². The Balaban J connectivity index is 3.90. The minimum Gasteiger partial charge on any atom is -0.387 e. The summed E-state index contributed by atoms with van der Waals surface area (Å²) in [5.74, 6) is -0.166. The smallest absolute Gasteiger partial charge is 0.387 e. The van der Waals surface area contributed by atoms with Crippen molar-refractivity contribution in [3.8, 4) is 0 Å². The first-order valence-electron chi connectivity index (χ1n) is 38.1. The molecule has 0 aromatic rings. The molecule has 0 aromatic heterocycles. The number of nitrogens with one attached hydrogen (secondary N) is 1. The van der Waals surface area contributed by atoms with Crippen molar-refractivity contribution in [2.75, 3.05) is 40.9 Å². The first-order valence-corrected chi connectivity index (χ1v) is 39.6. The van der Waals surface area contributed by atoms with Gasteiger partial charge in [0.15, 0.2) is 0 Å². The molecule has 502 valence electrons. The quantitative estimate of drug-likeness (QED) is 0.0243. The van der Waals surface area contributed by atoms with Crippen molar-refractivity contribution in [3.05, 3.63) is 12.2 Å². The van der Waals surface area contributed by atoms with Crippen LogP contribution in [0.4, 0.5) is 0 Å². The maximum Gasteiger partial charge on any atom is 0.472 e. The standard InChI is InChI=1S/C75H151N2O6P/c1-6-8-10-12-14-16-18-20-22-24-26-28-30-31-32-33-34-35-36-37-38-39-40-41-42-43-44-45-47-49-51-53-55-57-59-61-63-65-67-69-75(79)76-73(72-83-84(80,81)82-71-70-77(3,4)5)74(78)68-66-64-62-60-58-56-54-52-50-48-46-29-27-25-23-21-19-17-15-13-11-9-7-2/h66,68,73-74,78H,6-65,67,69-72H2,1-5H3,(H-,76,79,80,81)/p+1/b68-66+. The van der Waals surface area contributed by atoms with Gasteiger partial charge < -0.3 is 19.8 Å². The molecule has 0 aliphatic rings. The number of phosphoric ester groups is 1. The number of amides is 1. The maximum absolute atomic E-state index is 13.1. The Morgan fingerprint density at radius 2 is 0.631 bits per heavy atom. The van der Waals surface area contributed by atoms with Crippen LogP contribution in [0.25, 0.3) is 0 Å². The monoisotopic (exact) mass is 1210 g/mol. The molecule has 84 heavy (non-hydrogen) atoms. The molecular formula is C75H152N2O6P+. The second-order valence-electron chi connectivity index (χ2n) is 27.7. The number of aliphatic hydroxyl groups excluding tert-OH is 1. The molecule has 9 heteroatoms. The van der Waals surface area contributed by atoms with E-state index in [9.17, 15) is 19.4 Å². The van der Waals surface area contributed by atoms with Crippen molar-refractivity contribution in [1.82, 2.24) is 5.32 Å². The Bertz CT molecular complexity index is 1370. The zero-order chi connectivity index (χ0) is 61.2. The molecule has 0 saturated carbocycles. The number of unbranched alkanes of at least 4 members (excludes halogenated alkanes) is 59. The predicted octanol–water partition coefficient (Wildman–Crippen LogP) is 24.5. The van der Waals surface area contributed by atoms with Crippen LogP contribution >= 0.6 is 7.82 Å². The van der Waals surface area contributed by atoms with Crippen molar-refractivity contribution in [3.63, 3.8) is 0 Å². The number of quaternary nitrogens is 1. The average Bonchev–Trinajstić information content (AvgIpc) is 3.56. The molecule has 3 N–H and O–H groups in total. The Morgan fingerprint density at radius 3 is 0.881 bits per heavy atom. The van der Waals surface area contributed by atoms with Crippen LogP contribution in [0.5, 0.6) is 0 Å². The van der Waals surface area contributed by atoms with E-state index in [-0.39, 0.29) is 19.1 Å². The molecule has 1 amide bonds. The van der Waals surface area contributed by atoms with Gasteiger partial charge in [-0.3, -0.25) is 13.8 Å². The fourth-order valence-corrected chi connectivity index (χ4v) is 12.8. The van der Waals surface area contributed by atoms with Crippen LogP contribution in [0.3, 0.4) is 0 Å². The first kappa shape index (κ1) is 83.2. The molecule has 0 aromatic carbocycles. The number of aliphatic hydroxyl groups is 1. The van der Waals surface area contributed by atoms with Gasteiger partial charge in [-0.2, -0.15) is 0 Å². The fraction of sp³-hybridized carbons (Fsp3) is 0.960. The molecule has 0 fully saturated rings. The average molecular weight is 1210 g/mol. The van der Waals surface area contributed by atoms with E-state index in [1.165, 1.54) is 360 Å². The molecule has 0 rings (SSSR count). The van der Waals surface area contributed by atoms with E-state index < -0.39 is 20.0 Å². The summed E-state index contributed by atoms with van der Waals surface area (Å²) in [5.41, 5.74) is 0. The lowest BCUT2D eigenvalue weighted by atomic mass is 10.0. The van der Waals surface area contributed by atoms with E-state index in [1.54, 1.807) is 6.08 Å². The second kappa shape index (κ2) is 66.7. The van der Waals surface area contributed by atoms with Crippen molar-refractivity contribution >= 4 is 13.7 Å². The van der Waals surface area contributed by atoms with Crippen LogP contribution in [-0.4, -0.2) is 73.4 Å². The molecule has 0 bridgehead atoms. The molecule has 0 radical (unpaired) electrons. The van der Waals surface area contributed by atoms with Gasteiger partial charge in [0.2, 0.25) is 5.91 Å². The number of nitrogens with zero attached hydrogens (tertiary/aromatic N) is 1. The van der Waals surface area contributed by atoms with E-state index in [1.807, 2.05) is 27.2 Å². The van der Waals surface area contributed by atoms with Crippen molar-refractivity contribution in [2.45, 2.75) is 424 Å². The largest absolute Gasteiger partial charge is 0.472 e. The fourth-order valence-electron chi connectivity index (χ4n) is 12.1. The number of carbonyl (C=O) groups is 1. The Morgan fingerprint density at radius 1 is 0.393 bits per heavy atom. The number of rotatable bonds is 72. The molecular weight excluding hydrogens is 1060 g/mol. The van der Waals surface area contributed by atoms with Gasteiger partial charge >= 0.3 is 7.82 Å². The SMILES string of the molecule is CCCCCCCCCCCCCCCCCCCCCCC/C=C/C(O)C(COP(=O)(O)OCC[N+](C)(C)C)NC(=O)CCCCCCCCCCCCCCCCCCCCCCCCCCCCCCCCCCCCCCCCC. The number of hydrogen-bond donors (Lipinski definition) is 3. The lowest BCUT2D eigenvalue weighted by Gasteiger charge is -2.25. The Hall–Kier alpha value is -0.760. The molecule has 0 aliphatic heterocycles. The molecule has 8 nitrogen and oxygen atoms in total. The van der Waals surface area contributed by atoms with Crippen LogP contribution < -0.4 is 5.32 Å². The highest BCUT2D eigenvalue weighted by Crippen LogP contribution is 2.43. The maximum atomic E-state index is 13.1. The summed E-state index contributed by atoms with van der Waals surface area (Å²) in [5, 5.41) is 14.0. The molecule has 3 atom stereocenters. The number of carbonyl (C=O) groups excluding carboxylic acids is 1. The van der Waals surface area contributed by atoms with Crippen LogP contribution in [0, 0.1) is 0 Å². The number of allylic oxidation sites excluding steroid dienone is 1. The predicted molar refractivity (Wildman–Crippen MR) is 369 cm³/mol. The van der Waals surface area contributed by atoms with Crippen LogP contribution in [0.1, 0.15) is 412 Å². The minimum absolute atomic E-state index is 0.0655. The number of hydrogen-bond acceptors (Lipinski definition) is 5. The summed E-state index contributed by atoms with van der Waals surface area (Å²) in [7, 11) is 1.60. The highest BCUT2D eigenvalue weighted by atomic mass is 31.2. The first-order chi connectivity index (χ1) is 41.0. The van der Waals surface area contributed by atoms with Crippen LogP contribution in [0.15, 0.2) is 12.2 Å². The van der Waals surface area contributed by atoms with Crippen LogP contribution in [-0.2, 0) is 18.4 Å². The summed E-state index contributed by atoms with van der Waals surface area (Å²) in [6, 6.07) is -0.844. The number of phosphoric acid groups is 1. The van der Waals surface area contributed by atoms with Gasteiger partial charge in [-0.25, -0.2) is 4.57 Å². The normalized spacial score (nSPS) is 13.6. The van der Waals surface area contributed by atoms with E-state index in [4.69, 9.17) is 9.05 Å². The van der Waals surface area contributed by atoms with Gasteiger partial charge in [0.1, 0.15) is 13.2 Å². The molecule has 0 saturated heterocycles. The van der Waals surface area contributed by atoms with Gasteiger partial charge in [0.25, 0.3) is 0 Å². The lowest BCUT2D eigenvalue weighted by molar-refractivity contribution is -0.870. The zero-order valence-corrected chi connectivity index (χ0v) is 58.6. The van der Waals surface area contributed by atoms with E-state index in [0.717, 1.165) is 32.1 Å². The third-order valence-electron chi connectivity index (χ3n) is 18.0. The van der Waals surface area contributed by atoms with Crippen LogP contribution in [0.2, 0.25) is 0 Å². The summed E-state index contributed by atoms with van der Waals surface area (Å²) < 4.78 is 23.8. The third-order valence-corrected chi connectivity index (χ3v) is 19.0. The van der Waals surface area contributed by atoms with E-state index in [0.29, 0.717) is 17.4 Å². The van der Waals surface area contributed by atoms with Gasteiger partial charge in [0, 0.05) is 6.42 Å². The van der Waals surface area contributed by atoms with Gasteiger partial charge in [-0.1, -0.05) is 398 Å². The molecule has 0 spiro atoms. The van der Waals surface area contributed by atoms with Crippen molar-refractivity contribution in [2.24, 2.45) is 0 Å². The lowest BCUT2D eigenvalue weighted by Crippen LogP contribution is -2.45. The Kier molecular flexibility index (Phi) is 66.1. The number of likely N-dealkylation sites (N-methyl/N-ethyl adjacent to an activating group) is 1. The summed E-state index contributed by atoms with van der Waals surface area (Å²) >= 11 is 0. The Labute approximate surface area is 526 Å². The molecule has 0 aliphatic carbocycles. The minimum atomic E-state index is -4.35. The third kappa shape index (κ3) is 68.7. The molecule has 0 heterocycles. The highest BCUT2D eigenvalue weighted by Gasteiger charge is 2.28. The molecule has 3 unspecified atom stereocenters. The van der Waals surface area contributed by atoms with Crippen molar-refractivity contribution in [1.29, 1.82) is 0 Å². The van der Waals surface area contributed by atoms with Crippen molar-refractivity contribution < 1.29 is 32.9 Å². The summed E-state index contributed by atoms with van der Waals surface area (Å²) in [6.45, 7) is 4.89. The zero-order valence-electron chi connectivity index (χ0n) is 57.7. The highest BCUT2D eigenvalue weighted by molar-refractivity contribution is 7.47. The van der Waals surface area contributed by atoms with Gasteiger partial charge in [0.05, 0.1) is 39.9 Å². The summed E-state index contributed by atoms with van der Waals surface area (Å²) in [6.07, 6.45) is 86.8. The second-order valence-corrected chi connectivity index (χ2v) is 29.2. The van der Waals surface area contributed by atoms with E-state index in [2.05, 4.69) is 19.2 Å². The summed E-state index contributed by atoms with van der Waals surface area (Å²) in [4.78, 5) is 23.4.